The van der Waals surface area contributed by atoms with Gasteiger partial charge in [0.1, 0.15) is 17.9 Å². The van der Waals surface area contributed by atoms with Crippen LogP contribution in [0.1, 0.15) is 19.4 Å². The van der Waals surface area contributed by atoms with Gasteiger partial charge in [-0.2, -0.15) is 0 Å². The maximum Gasteiger partial charge on any atom is 0.327 e. The zero-order chi connectivity index (χ0) is 15.0. The normalized spacial score (nSPS) is 13.8. The Balaban J connectivity index is 2.58. The van der Waals surface area contributed by atoms with Crippen molar-refractivity contribution in [1.29, 1.82) is 0 Å². The smallest absolute Gasteiger partial charge is 0.327 e. The van der Waals surface area contributed by atoms with Gasteiger partial charge in [0, 0.05) is 7.11 Å². The van der Waals surface area contributed by atoms with E-state index >= 15 is 0 Å². The van der Waals surface area contributed by atoms with E-state index in [0.29, 0.717) is 18.9 Å². The molecule has 0 aliphatic carbocycles. The van der Waals surface area contributed by atoms with Gasteiger partial charge in [0.2, 0.25) is 0 Å². The summed E-state index contributed by atoms with van der Waals surface area (Å²) in [4.78, 5) is 11.2. The second-order valence-corrected chi connectivity index (χ2v) is 4.84. The van der Waals surface area contributed by atoms with Crippen molar-refractivity contribution in [2.24, 2.45) is 0 Å². The van der Waals surface area contributed by atoms with Crippen LogP contribution in [0.5, 0.6) is 5.75 Å². The minimum atomic E-state index is -1.08. The lowest BCUT2D eigenvalue weighted by Gasteiger charge is -2.25. The van der Waals surface area contributed by atoms with Crippen LogP contribution < -0.4 is 10.1 Å². The number of ether oxygens (including phenoxy) is 2. The molecule has 1 rings (SSSR count). The molecule has 1 aromatic carbocycles. The van der Waals surface area contributed by atoms with Crippen molar-refractivity contribution in [1.82, 2.24) is 5.32 Å². The van der Waals surface area contributed by atoms with Crippen LogP contribution in [0.3, 0.4) is 0 Å². The van der Waals surface area contributed by atoms with E-state index in [1.807, 2.05) is 31.2 Å². The highest BCUT2D eigenvalue weighted by molar-refractivity contribution is 5.78. The van der Waals surface area contributed by atoms with Gasteiger partial charge in [0.15, 0.2) is 0 Å². The predicted molar refractivity (Wildman–Crippen MR) is 77.2 cm³/mol. The summed E-state index contributed by atoms with van der Waals surface area (Å²) < 4.78 is 10.6. The minimum absolute atomic E-state index is 0.0770. The van der Waals surface area contributed by atoms with E-state index in [4.69, 9.17) is 9.47 Å². The molecule has 0 bridgehead atoms. The molecule has 0 saturated carbocycles. The molecule has 20 heavy (non-hydrogen) atoms. The fraction of sp³-hybridized carbons (Fsp3) is 0.533. The number of likely N-dealkylation sites (N-methyl/N-ethyl adjacent to an activating group) is 1. The number of aliphatic carboxylic acids is 1. The Morgan fingerprint density at radius 3 is 2.50 bits per heavy atom. The molecule has 1 aromatic rings. The highest BCUT2D eigenvalue weighted by Crippen LogP contribution is 2.15. The van der Waals surface area contributed by atoms with Crippen LogP contribution in [-0.4, -0.2) is 43.5 Å². The Hall–Kier alpha value is -1.59. The number of rotatable bonds is 9. The fourth-order valence-corrected chi connectivity index (χ4v) is 1.78. The number of carboxylic acids is 1. The van der Waals surface area contributed by atoms with Crippen LogP contribution in [-0.2, 0) is 16.0 Å². The first-order valence-electron chi connectivity index (χ1n) is 6.71. The molecule has 0 aromatic heterocycles. The quantitative estimate of drug-likeness (QED) is 0.721. The highest BCUT2D eigenvalue weighted by atomic mass is 16.5. The van der Waals surface area contributed by atoms with Gasteiger partial charge in [-0.3, -0.25) is 10.1 Å². The molecule has 0 saturated heterocycles. The first kappa shape index (κ1) is 16.5. The van der Waals surface area contributed by atoms with Gasteiger partial charge in [-0.1, -0.05) is 19.1 Å². The molecular weight excluding hydrogens is 258 g/mol. The van der Waals surface area contributed by atoms with Gasteiger partial charge in [-0.05, 0) is 37.6 Å². The van der Waals surface area contributed by atoms with Gasteiger partial charge in [-0.25, -0.2) is 0 Å². The van der Waals surface area contributed by atoms with Gasteiger partial charge >= 0.3 is 5.97 Å². The van der Waals surface area contributed by atoms with E-state index in [1.54, 1.807) is 14.0 Å². The molecule has 2 N–H and O–H groups in total. The number of methoxy groups -OCH3 is 1. The first-order valence-corrected chi connectivity index (χ1v) is 6.71. The Morgan fingerprint density at radius 1 is 1.35 bits per heavy atom. The molecule has 0 aliphatic rings. The summed E-state index contributed by atoms with van der Waals surface area (Å²) >= 11 is 0. The third-order valence-corrected chi connectivity index (χ3v) is 3.08. The number of hydrogen-bond donors (Lipinski definition) is 2. The topological polar surface area (TPSA) is 67.8 Å². The third kappa shape index (κ3) is 4.83. The van der Waals surface area contributed by atoms with Crippen LogP contribution in [0.25, 0.3) is 0 Å². The zero-order valence-electron chi connectivity index (χ0n) is 12.3. The van der Waals surface area contributed by atoms with E-state index in [1.165, 1.54) is 0 Å². The molecule has 5 heteroatoms. The number of carbonyl (C=O) groups is 1. The van der Waals surface area contributed by atoms with Crippen LogP contribution in [0.4, 0.5) is 0 Å². The number of benzene rings is 1. The summed E-state index contributed by atoms with van der Waals surface area (Å²) in [6.07, 6.45) is 0.848. The van der Waals surface area contributed by atoms with Gasteiger partial charge in [0.05, 0.1) is 6.61 Å². The fourth-order valence-electron chi connectivity index (χ4n) is 1.78. The number of nitrogens with one attached hydrogen (secondary N) is 1. The Labute approximate surface area is 119 Å². The molecule has 0 aliphatic heterocycles. The first-order chi connectivity index (χ1) is 9.51. The molecule has 1 atom stereocenters. The summed E-state index contributed by atoms with van der Waals surface area (Å²) in [6.45, 7) is 4.81. The van der Waals surface area contributed by atoms with Crippen LogP contribution >= 0.6 is 0 Å². The molecule has 1 unspecified atom stereocenters. The van der Waals surface area contributed by atoms with E-state index in [-0.39, 0.29) is 6.61 Å². The van der Waals surface area contributed by atoms with E-state index < -0.39 is 11.5 Å². The van der Waals surface area contributed by atoms with Gasteiger partial charge < -0.3 is 14.6 Å². The minimum Gasteiger partial charge on any atom is -0.491 e. The Morgan fingerprint density at radius 2 is 2.00 bits per heavy atom. The number of carboxylic acid groups (broad SMARTS) is 1. The zero-order valence-corrected chi connectivity index (χ0v) is 12.3. The second-order valence-electron chi connectivity index (χ2n) is 4.84. The monoisotopic (exact) mass is 281 g/mol. The van der Waals surface area contributed by atoms with E-state index in [2.05, 4.69) is 5.32 Å². The molecule has 0 heterocycles. The summed E-state index contributed by atoms with van der Waals surface area (Å²) in [5, 5.41) is 12.2. The average Bonchev–Trinajstić information content (AvgIpc) is 2.44. The van der Waals surface area contributed by atoms with Gasteiger partial charge in [-0.15, -0.1) is 0 Å². The molecular formula is C15H23NO4. The molecule has 0 spiro atoms. The molecule has 0 fully saturated rings. The van der Waals surface area contributed by atoms with Crippen LogP contribution in [0.2, 0.25) is 0 Å². The van der Waals surface area contributed by atoms with Crippen molar-refractivity contribution in [3.05, 3.63) is 29.8 Å². The van der Waals surface area contributed by atoms with E-state index in [0.717, 1.165) is 12.0 Å². The lowest BCUT2D eigenvalue weighted by molar-refractivity contribution is -0.145. The molecule has 112 valence electrons. The molecule has 5 nitrogen and oxygen atoms in total. The van der Waals surface area contributed by atoms with Crippen molar-refractivity contribution in [2.75, 3.05) is 26.9 Å². The van der Waals surface area contributed by atoms with Crippen LogP contribution in [0.15, 0.2) is 24.3 Å². The SMILES string of the molecule is CCNC(C)(COc1ccc(CCOC)cc1)C(=O)O. The predicted octanol–water partition coefficient (Wildman–Crippen LogP) is 1.71. The maximum absolute atomic E-state index is 11.2. The Bertz CT molecular complexity index is 418. The summed E-state index contributed by atoms with van der Waals surface area (Å²) in [6, 6.07) is 7.61. The largest absolute Gasteiger partial charge is 0.491 e. The van der Waals surface area contributed by atoms with Crippen molar-refractivity contribution in [3.8, 4) is 5.75 Å². The summed E-state index contributed by atoms with van der Waals surface area (Å²) in [5.41, 5.74) is 0.0793. The second kappa shape index (κ2) is 7.87. The maximum atomic E-state index is 11.2. The molecule has 0 amide bonds. The van der Waals surface area contributed by atoms with Crippen molar-refractivity contribution < 1.29 is 19.4 Å². The van der Waals surface area contributed by atoms with Crippen LogP contribution in [0, 0.1) is 0 Å². The van der Waals surface area contributed by atoms with E-state index in [9.17, 15) is 9.90 Å². The van der Waals surface area contributed by atoms with Gasteiger partial charge in [0.25, 0.3) is 0 Å². The van der Waals surface area contributed by atoms with Crippen molar-refractivity contribution in [2.45, 2.75) is 25.8 Å². The number of hydrogen-bond acceptors (Lipinski definition) is 4. The summed E-state index contributed by atoms with van der Waals surface area (Å²) in [5.74, 6) is -0.257. The summed E-state index contributed by atoms with van der Waals surface area (Å²) in [7, 11) is 1.67. The molecule has 0 radical (unpaired) electrons. The Kier molecular flexibility index (Phi) is 6.48. The van der Waals surface area contributed by atoms with Crippen molar-refractivity contribution >= 4 is 5.97 Å². The highest BCUT2D eigenvalue weighted by Gasteiger charge is 2.33. The average molecular weight is 281 g/mol. The standard InChI is InChI=1S/C15H23NO4/c1-4-16-15(2,14(17)18)11-20-13-7-5-12(6-8-13)9-10-19-3/h5-8,16H,4,9-11H2,1-3H3,(H,17,18). The third-order valence-electron chi connectivity index (χ3n) is 3.08. The van der Waals surface area contributed by atoms with Crippen molar-refractivity contribution in [3.63, 3.8) is 0 Å². The lowest BCUT2D eigenvalue weighted by atomic mass is 10.0. The lowest BCUT2D eigenvalue weighted by Crippen LogP contribution is -2.53.